The average Bonchev–Trinajstić information content (AvgIpc) is 2.76. The molecule has 1 saturated heterocycles. The zero-order chi connectivity index (χ0) is 11.4. The SMILES string of the molecule is Cc1cnc(NCCC2CCOC2)cc1N. The lowest BCUT2D eigenvalue weighted by molar-refractivity contribution is 0.185. The fourth-order valence-corrected chi connectivity index (χ4v) is 1.85. The van der Waals surface area contributed by atoms with Crippen molar-refractivity contribution >= 4 is 11.5 Å². The molecule has 1 aliphatic heterocycles. The maximum absolute atomic E-state index is 5.81. The van der Waals surface area contributed by atoms with Crippen LogP contribution in [0.4, 0.5) is 11.5 Å². The van der Waals surface area contributed by atoms with Crippen LogP contribution in [0.1, 0.15) is 18.4 Å². The molecule has 0 spiro atoms. The van der Waals surface area contributed by atoms with Gasteiger partial charge in [0.2, 0.25) is 0 Å². The zero-order valence-corrected chi connectivity index (χ0v) is 9.70. The first-order valence-electron chi connectivity index (χ1n) is 5.79. The third-order valence-electron chi connectivity index (χ3n) is 3.03. The fraction of sp³-hybridized carbons (Fsp3) is 0.583. The topological polar surface area (TPSA) is 60.2 Å². The van der Waals surface area contributed by atoms with Gasteiger partial charge in [0, 0.05) is 37.7 Å². The van der Waals surface area contributed by atoms with Crippen LogP contribution in [0.25, 0.3) is 0 Å². The maximum Gasteiger partial charge on any atom is 0.127 e. The van der Waals surface area contributed by atoms with E-state index in [1.807, 2.05) is 13.0 Å². The number of nitrogens with one attached hydrogen (secondary N) is 1. The van der Waals surface area contributed by atoms with Gasteiger partial charge in [0.15, 0.2) is 0 Å². The van der Waals surface area contributed by atoms with Gasteiger partial charge in [0.1, 0.15) is 5.82 Å². The highest BCUT2D eigenvalue weighted by molar-refractivity contribution is 5.53. The summed E-state index contributed by atoms with van der Waals surface area (Å²) < 4.78 is 5.33. The van der Waals surface area contributed by atoms with Gasteiger partial charge in [-0.15, -0.1) is 0 Å². The number of aromatic nitrogens is 1. The predicted octanol–water partition coefficient (Wildman–Crippen LogP) is 1.81. The van der Waals surface area contributed by atoms with E-state index < -0.39 is 0 Å². The third-order valence-corrected chi connectivity index (χ3v) is 3.03. The Morgan fingerprint density at radius 1 is 1.62 bits per heavy atom. The Morgan fingerprint density at radius 3 is 3.19 bits per heavy atom. The van der Waals surface area contributed by atoms with E-state index in [-0.39, 0.29) is 0 Å². The molecule has 0 bridgehead atoms. The summed E-state index contributed by atoms with van der Waals surface area (Å²) >= 11 is 0. The largest absolute Gasteiger partial charge is 0.398 e. The monoisotopic (exact) mass is 221 g/mol. The molecule has 3 N–H and O–H groups in total. The highest BCUT2D eigenvalue weighted by atomic mass is 16.5. The lowest BCUT2D eigenvalue weighted by Crippen LogP contribution is -2.10. The highest BCUT2D eigenvalue weighted by Crippen LogP contribution is 2.17. The summed E-state index contributed by atoms with van der Waals surface area (Å²) in [6.45, 7) is 4.72. The average molecular weight is 221 g/mol. The van der Waals surface area contributed by atoms with Gasteiger partial charge >= 0.3 is 0 Å². The number of hydrogen-bond donors (Lipinski definition) is 2. The van der Waals surface area contributed by atoms with Crippen LogP contribution in [0, 0.1) is 12.8 Å². The molecule has 0 aliphatic carbocycles. The molecule has 16 heavy (non-hydrogen) atoms. The fourth-order valence-electron chi connectivity index (χ4n) is 1.85. The van der Waals surface area contributed by atoms with Crippen molar-refractivity contribution in [2.75, 3.05) is 30.8 Å². The molecule has 2 rings (SSSR count). The molecule has 0 saturated carbocycles. The summed E-state index contributed by atoms with van der Waals surface area (Å²) in [7, 11) is 0. The van der Waals surface area contributed by atoms with Crippen LogP contribution >= 0.6 is 0 Å². The number of ether oxygens (including phenoxy) is 1. The number of nitrogens with zero attached hydrogens (tertiary/aromatic N) is 1. The number of pyridine rings is 1. The molecule has 1 fully saturated rings. The van der Waals surface area contributed by atoms with Crippen LogP contribution in [-0.2, 0) is 4.74 Å². The summed E-state index contributed by atoms with van der Waals surface area (Å²) in [6, 6.07) is 1.89. The number of anilines is 2. The number of rotatable bonds is 4. The summed E-state index contributed by atoms with van der Waals surface area (Å²) in [5.74, 6) is 1.57. The second-order valence-corrected chi connectivity index (χ2v) is 4.37. The third kappa shape index (κ3) is 2.85. The van der Waals surface area contributed by atoms with Gasteiger partial charge in [-0.05, 0) is 31.2 Å². The van der Waals surface area contributed by atoms with Crippen LogP contribution in [0.3, 0.4) is 0 Å². The van der Waals surface area contributed by atoms with Crippen LogP contribution in [0.15, 0.2) is 12.3 Å². The molecule has 4 heteroatoms. The van der Waals surface area contributed by atoms with E-state index in [1.165, 1.54) is 6.42 Å². The van der Waals surface area contributed by atoms with Gasteiger partial charge < -0.3 is 15.8 Å². The minimum absolute atomic E-state index is 0.704. The van der Waals surface area contributed by atoms with Gasteiger partial charge in [0.25, 0.3) is 0 Å². The maximum atomic E-state index is 5.81. The van der Waals surface area contributed by atoms with Crippen molar-refractivity contribution in [1.29, 1.82) is 0 Å². The Hall–Kier alpha value is -1.29. The molecule has 1 aliphatic rings. The molecule has 1 unspecified atom stereocenters. The number of nitrogens with two attached hydrogens (primary N) is 1. The molecule has 0 radical (unpaired) electrons. The van der Waals surface area contributed by atoms with Gasteiger partial charge in [0.05, 0.1) is 0 Å². The Balaban J connectivity index is 1.78. The van der Waals surface area contributed by atoms with Gasteiger partial charge in [-0.2, -0.15) is 0 Å². The van der Waals surface area contributed by atoms with Crippen LogP contribution in [0.5, 0.6) is 0 Å². The molecule has 88 valence electrons. The quantitative estimate of drug-likeness (QED) is 0.814. The molecule has 2 heterocycles. The van der Waals surface area contributed by atoms with Crippen molar-refractivity contribution < 1.29 is 4.74 Å². The minimum atomic E-state index is 0.704. The second kappa shape index (κ2) is 5.16. The molecule has 1 atom stereocenters. The van der Waals surface area contributed by atoms with E-state index >= 15 is 0 Å². The van der Waals surface area contributed by atoms with Crippen LogP contribution in [-0.4, -0.2) is 24.7 Å². The van der Waals surface area contributed by atoms with Crippen molar-refractivity contribution in [3.05, 3.63) is 17.8 Å². The Morgan fingerprint density at radius 2 is 2.50 bits per heavy atom. The van der Waals surface area contributed by atoms with E-state index in [4.69, 9.17) is 10.5 Å². The lowest BCUT2D eigenvalue weighted by Gasteiger charge is -2.10. The summed E-state index contributed by atoms with van der Waals surface area (Å²) in [5, 5.41) is 3.29. The van der Waals surface area contributed by atoms with E-state index in [1.54, 1.807) is 6.20 Å². The molecular weight excluding hydrogens is 202 g/mol. The van der Waals surface area contributed by atoms with E-state index in [2.05, 4.69) is 10.3 Å². The molecule has 1 aromatic rings. The Kier molecular flexibility index (Phi) is 3.62. The summed E-state index contributed by atoms with van der Waals surface area (Å²) in [6.07, 6.45) is 4.12. The molecule has 1 aromatic heterocycles. The summed E-state index contributed by atoms with van der Waals surface area (Å²) in [5.41, 5.74) is 7.63. The van der Waals surface area contributed by atoms with Crippen molar-refractivity contribution in [3.63, 3.8) is 0 Å². The standard InChI is InChI=1S/C12H19N3O/c1-9-7-15-12(6-11(9)13)14-4-2-10-3-5-16-8-10/h6-7,10H,2-5,8H2,1H3,(H3,13,14,15). The Labute approximate surface area is 96.2 Å². The van der Waals surface area contributed by atoms with Gasteiger partial charge in [-0.3, -0.25) is 0 Å². The smallest absolute Gasteiger partial charge is 0.127 e. The van der Waals surface area contributed by atoms with Crippen molar-refractivity contribution in [1.82, 2.24) is 4.98 Å². The van der Waals surface area contributed by atoms with Crippen molar-refractivity contribution in [2.24, 2.45) is 5.92 Å². The van der Waals surface area contributed by atoms with E-state index in [0.717, 1.165) is 43.2 Å². The molecule has 0 amide bonds. The predicted molar refractivity (Wildman–Crippen MR) is 65.4 cm³/mol. The Bertz CT molecular complexity index is 348. The second-order valence-electron chi connectivity index (χ2n) is 4.37. The van der Waals surface area contributed by atoms with Crippen molar-refractivity contribution in [2.45, 2.75) is 19.8 Å². The van der Waals surface area contributed by atoms with Crippen molar-refractivity contribution in [3.8, 4) is 0 Å². The first-order chi connectivity index (χ1) is 7.75. The number of nitrogen functional groups attached to an aromatic ring is 1. The molecule has 0 aromatic carbocycles. The first kappa shape index (κ1) is 11.2. The highest BCUT2D eigenvalue weighted by Gasteiger charge is 2.14. The first-order valence-corrected chi connectivity index (χ1v) is 5.79. The lowest BCUT2D eigenvalue weighted by atomic mass is 10.1. The van der Waals surface area contributed by atoms with Gasteiger partial charge in [-0.1, -0.05) is 0 Å². The van der Waals surface area contributed by atoms with E-state index in [9.17, 15) is 0 Å². The molecular formula is C12H19N3O. The van der Waals surface area contributed by atoms with Gasteiger partial charge in [-0.25, -0.2) is 4.98 Å². The molecule has 4 nitrogen and oxygen atoms in total. The minimum Gasteiger partial charge on any atom is -0.398 e. The number of aryl methyl sites for hydroxylation is 1. The van der Waals surface area contributed by atoms with E-state index in [0.29, 0.717) is 5.92 Å². The normalized spacial score (nSPS) is 19.9. The zero-order valence-electron chi connectivity index (χ0n) is 9.70. The van der Waals surface area contributed by atoms with Crippen LogP contribution < -0.4 is 11.1 Å². The van der Waals surface area contributed by atoms with Crippen LogP contribution in [0.2, 0.25) is 0 Å². The summed E-state index contributed by atoms with van der Waals surface area (Å²) in [4.78, 5) is 4.28. The number of hydrogen-bond acceptors (Lipinski definition) is 4.